The average molecular weight is 302 g/mol. The maximum absolute atomic E-state index is 12.8. The zero-order valence-corrected chi connectivity index (χ0v) is 13.1. The van der Waals surface area contributed by atoms with Crippen molar-refractivity contribution in [3.63, 3.8) is 0 Å². The number of ketones is 1. The molecule has 0 aromatic carbocycles. The summed E-state index contributed by atoms with van der Waals surface area (Å²) >= 11 is 0. The molecule has 0 aliphatic heterocycles. The first-order valence-electron chi connectivity index (χ1n) is 7.11. The number of nitrogens with zero attached hydrogens (tertiary/aromatic N) is 4. The van der Waals surface area contributed by atoms with Crippen LogP contribution in [-0.2, 0) is 22.4 Å². The van der Waals surface area contributed by atoms with Crippen molar-refractivity contribution in [1.29, 1.82) is 0 Å². The van der Waals surface area contributed by atoms with Gasteiger partial charge in [0.2, 0.25) is 18.6 Å². The summed E-state index contributed by atoms with van der Waals surface area (Å²) < 4.78 is 2.31. The summed E-state index contributed by atoms with van der Waals surface area (Å²) in [5.41, 5.74) is 3.17. The van der Waals surface area contributed by atoms with Crippen LogP contribution in [0.1, 0.15) is 52.5 Å². The van der Waals surface area contributed by atoms with Crippen LogP contribution in [0.5, 0.6) is 0 Å². The highest BCUT2D eigenvalue weighted by Crippen LogP contribution is 2.21. The maximum Gasteiger partial charge on any atom is 0.234 e. The molecule has 7 nitrogen and oxygen atoms in total. The van der Waals surface area contributed by atoms with Crippen LogP contribution < -0.4 is 0 Å². The zero-order chi connectivity index (χ0) is 16.4. The lowest BCUT2D eigenvalue weighted by Crippen LogP contribution is -2.10. The van der Waals surface area contributed by atoms with E-state index in [4.69, 9.17) is 0 Å². The monoisotopic (exact) mass is 302 g/mol. The topological polar surface area (TPSA) is 86.8 Å². The molecule has 0 radical (unpaired) electrons. The van der Waals surface area contributed by atoms with E-state index >= 15 is 0 Å². The first-order valence-corrected chi connectivity index (χ1v) is 7.11. The second kappa shape index (κ2) is 6.05. The molecular formula is C15H18N4O3. The van der Waals surface area contributed by atoms with Gasteiger partial charge < -0.3 is 0 Å². The van der Waals surface area contributed by atoms with Crippen molar-refractivity contribution in [1.82, 2.24) is 19.6 Å². The van der Waals surface area contributed by atoms with Crippen LogP contribution in [0.4, 0.5) is 0 Å². The summed E-state index contributed by atoms with van der Waals surface area (Å²) in [4.78, 5) is 34.8. The molecule has 0 fully saturated rings. The Bertz CT molecular complexity index is 693. The number of rotatable bonds is 6. The fourth-order valence-corrected chi connectivity index (χ4v) is 2.63. The quantitative estimate of drug-likeness (QED) is 0.589. The van der Waals surface area contributed by atoms with E-state index < -0.39 is 0 Å². The molecule has 2 aromatic heterocycles. The molecule has 0 unspecified atom stereocenters. The summed E-state index contributed by atoms with van der Waals surface area (Å²) in [6.45, 7) is 7.28. The molecule has 2 heterocycles. The van der Waals surface area contributed by atoms with Crippen LogP contribution in [-0.4, -0.2) is 38.2 Å². The maximum atomic E-state index is 12.8. The molecule has 0 saturated heterocycles. The lowest BCUT2D eigenvalue weighted by atomic mass is 10.0. The van der Waals surface area contributed by atoms with Gasteiger partial charge in [-0.3, -0.25) is 14.4 Å². The van der Waals surface area contributed by atoms with Crippen molar-refractivity contribution in [2.75, 3.05) is 0 Å². The molecule has 0 bridgehead atoms. The third kappa shape index (κ3) is 2.28. The highest BCUT2D eigenvalue weighted by Gasteiger charge is 2.26. The predicted molar refractivity (Wildman–Crippen MR) is 80.4 cm³/mol. The van der Waals surface area contributed by atoms with Crippen LogP contribution in [0, 0.1) is 13.8 Å². The van der Waals surface area contributed by atoms with E-state index in [0.717, 1.165) is 20.5 Å². The van der Waals surface area contributed by atoms with Gasteiger partial charge in [0.05, 0.1) is 0 Å². The Labute approximate surface area is 127 Å². The molecule has 0 N–H and O–H groups in total. The Morgan fingerprint density at radius 2 is 1.27 bits per heavy atom. The summed E-state index contributed by atoms with van der Waals surface area (Å²) in [5, 5.41) is 8.15. The molecule has 22 heavy (non-hydrogen) atoms. The molecule has 7 heteroatoms. The summed E-state index contributed by atoms with van der Waals surface area (Å²) in [7, 11) is 0. The van der Waals surface area contributed by atoms with Gasteiger partial charge in [-0.05, 0) is 26.7 Å². The van der Waals surface area contributed by atoms with Crippen molar-refractivity contribution in [2.45, 2.75) is 40.5 Å². The predicted octanol–water partition coefficient (Wildman–Crippen LogP) is 1.13. The molecule has 2 aromatic rings. The van der Waals surface area contributed by atoms with Gasteiger partial charge in [-0.25, -0.2) is 9.36 Å². The van der Waals surface area contributed by atoms with Crippen molar-refractivity contribution in [3.8, 4) is 0 Å². The van der Waals surface area contributed by atoms with E-state index in [1.165, 1.54) is 0 Å². The van der Waals surface area contributed by atoms with E-state index in [1.807, 2.05) is 13.8 Å². The second-order valence-electron chi connectivity index (χ2n) is 4.96. The molecule has 116 valence electrons. The van der Waals surface area contributed by atoms with Crippen molar-refractivity contribution < 1.29 is 14.4 Å². The summed E-state index contributed by atoms with van der Waals surface area (Å²) in [5.74, 6) is -0.360. The van der Waals surface area contributed by atoms with Crippen LogP contribution in [0.15, 0.2) is 0 Å². The Morgan fingerprint density at radius 3 is 1.55 bits per heavy atom. The Balaban J connectivity index is 2.62. The third-order valence-corrected chi connectivity index (χ3v) is 3.88. The first kappa shape index (κ1) is 15.8. The number of carbonyl (C=O) groups is 3. The highest BCUT2D eigenvalue weighted by molar-refractivity contribution is 6.08. The molecule has 0 aliphatic rings. The Kier molecular flexibility index (Phi) is 4.35. The number of hydrogen-bond donors (Lipinski definition) is 0. The number of hydrogen-bond acceptors (Lipinski definition) is 5. The Morgan fingerprint density at radius 1 is 0.909 bits per heavy atom. The van der Waals surface area contributed by atoms with Crippen LogP contribution >= 0.6 is 0 Å². The van der Waals surface area contributed by atoms with Gasteiger partial charge in [0.1, 0.15) is 11.4 Å². The number of aromatic nitrogens is 4. The van der Waals surface area contributed by atoms with Gasteiger partial charge in [0, 0.05) is 22.5 Å². The van der Waals surface area contributed by atoms with Crippen LogP contribution in [0.3, 0.4) is 0 Å². The number of carbonyl (C=O) groups excluding carboxylic acids is 3. The van der Waals surface area contributed by atoms with Gasteiger partial charge in [-0.2, -0.15) is 10.2 Å². The van der Waals surface area contributed by atoms with Gasteiger partial charge >= 0.3 is 0 Å². The van der Waals surface area contributed by atoms with Gasteiger partial charge in [0.15, 0.2) is 0 Å². The van der Waals surface area contributed by atoms with E-state index in [2.05, 4.69) is 10.2 Å². The van der Waals surface area contributed by atoms with E-state index in [9.17, 15) is 14.4 Å². The molecular weight excluding hydrogens is 284 g/mol. The van der Waals surface area contributed by atoms with Crippen LogP contribution in [0.2, 0.25) is 0 Å². The molecule has 0 aliphatic carbocycles. The fraction of sp³-hybridized carbons (Fsp3) is 0.400. The first-order chi connectivity index (χ1) is 10.5. The average Bonchev–Trinajstić information content (AvgIpc) is 3.02. The normalized spacial score (nSPS) is 10.7. The smallest absolute Gasteiger partial charge is 0.234 e. The Hall–Kier alpha value is -2.57. The van der Waals surface area contributed by atoms with Crippen molar-refractivity contribution in [2.24, 2.45) is 0 Å². The van der Waals surface area contributed by atoms with E-state index in [-0.39, 0.29) is 17.2 Å². The molecule has 0 atom stereocenters. The molecule has 0 amide bonds. The molecule has 2 rings (SSSR count). The SMILES string of the molecule is CCc1c(C(=O)c2nn(C=O)c(C)c2CC)nn(C=O)c1C. The summed E-state index contributed by atoms with van der Waals surface area (Å²) in [6, 6.07) is 0. The van der Waals surface area contributed by atoms with Gasteiger partial charge in [-0.1, -0.05) is 13.8 Å². The van der Waals surface area contributed by atoms with Gasteiger partial charge in [0.25, 0.3) is 0 Å². The van der Waals surface area contributed by atoms with E-state index in [1.54, 1.807) is 13.8 Å². The minimum atomic E-state index is -0.360. The minimum Gasteiger partial charge on any atom is -0.285 e. The fourth-order valence-electron chi connectivity index (χ4n) is 2.63. The zero-order valence-electron chi connectivity index (χ0n) is 13.1. The largest absolute Gasteiger partial charge is 0.285 e. The molecule has 0 saturated carbocycles. The van der Waals surface area contributed by atoms with Crippen LogP contribution in [0.25, 0.3) is 0 Å². The third-order valence-electron chi connectivity index (χ3n) is 3.88. The lowest BCUT2D eigenvalue weighted by Gasteiger charge is -2.00. The lowest BCUT2D eigenvalue weighted by molar-refractivity contribution is 0.102. The molecule has 0 spiro atoms. The highest BCUT2D eigenvalue weighted by atomic mass is 16.1. The second-order valence-corrected chi connectivity index (χ2v) is 4.96. The summed E-state index contributed by atoms with van der Waals surface area (Å²) in [6.07, 6.45) is 2.30. The van der Waals surface area contributed by atoms with Crippen molar-refractivity contribution >= 4 is 18.6 Å². The standard InChI is InChI=1S/C15H18N4O3/c1-5-11-9(3)18(7-20)16-13(11)15(22)14-12(6-2)10(4)19(8-21)17-14/h7-8H,5-6H2,1-4H3. The van der Waals surface area contributed by atoms with Gasteiger partial charge in [-0.15, -0.1) is 0 Å². The van der Waals surface area contributed by atoms with Crippen molar-refractivity contribution in [3.05, 3.63) is 33.9 Å². The minimum absolute atomic E-state index is 0.220. The van der Waals surface area contributed by atoms with E-state index in [0.29, 0.717) is 37.0 Å².